The van der Waals surface area contributed by atoms with Crippen LogP contribution < -0.4 is 5.56 Å². The number of aliphatic hydroxyl groups excluding tert-OH is 1. The molecule has 2 heterocycles. The summed E-state index contributed by atoms with van der Waals surface area (Å²) < 4.78 is 39.1. The van der Waals surface area contributed by atoms with Crippen molar-refractivity contribution < 1.29 is 18.3 Å². The van der Waals surface area contributed by atoms with Gasteiger partial charge in [0, 0.05) is 0 Å². The van der Waals surface area contributed by atoms with Crippen LogP contribution in [0.25, 0.3) is 16.9 Å². The molecule has 120 valence electrons. The molecule has 0 aliphatic heterocycles. The molecule has 0 aliphatic carbocycles. The van der Waals surface area contributed by atoms with Gasteiger partial charge in [-0.05, 0) is 12.1 Å². The molecule has 7 nitrogen and oxygen atoms in total. The smallest absolute Gasteiger partial charge is 0.382 e. The standard InChI is InChI=1S/C13H10F3N5O2/c14-13(15,16)9(22)6-20-7-17-11-10(12(20)23)18-19-21(11)8-4-2-1-3-5-8/h1-5,7,9,22H,6H2/t9-/m0/s1. The van der Waals surface area contributed by atoms with Crippen LogP contribution >= 0.6 is 0 Å². The zero-order valence-corrected chi connectivity index (χ0v) is 11.5. The second-order valence-electron chi connectivity index (χ2n) is 4.77. The number of aliphatic hydroxyl groups is 1. The lowest BCUT2D eigenvalue weighted by molar-refractivity contribution is -0.207. The lowest BCUT2D eigenvalue weighted by atomic mass is 10.3. The van der Waals surface area contributed by atoms with E-state index >= 15 is 0 Å². The van der Waals surface area contributed by atoms with Crippen LogP contribution in [0.4, 0.5) is 13.2 Å². The van der Waals surface area contributed by atoms with Gasteiger partial charge >= 0.3 is 6.18 Å². The predicted octanol–water partition coefficient (Wildman–Crippen LogP) is 0.900. The number of nitrogens with zero attached hydrogens (tertiary/aromatic N) is 5. The summed E-state index contributed by atoms with van der Waals surface area (Å²) in [5, 5.41) is 16.5. The lowest BCUT2D eigenvalue weighted by Crippen LogP contribution is -2.36. The second-order valence-corrected chi connectivity index (χ2v) is 4.77. The topological polar surface area (TPSA) is 85.8 Å². The molecule has 0 unspecified atom stereocenters. The molecule has 10 heteroatoms. The average Bonchev–Trinajstić information content (AvgIpc) is 2.94. The monoisotopic (exact) mass is 325 g/mol. The zero-order chi connectivity index (χ0) is 16.6. The van der Waals surface area contributed by atoms with Gasteiger partial charge in [-0.3, -0.25) is 9.36 Å². The quantitative estimate of drug-likeness (QED) is 0.773. The first-order valence-corrected chi connectivity index (χ1v) is 6.49. The number of para-hydroxylation sites is 1. The first-order chi connectivity index (χ1) is 10.9. The minimum Gasteiger partial charge on any atom is -0.382 e. The third kappa shape index (κ3) is 2.80. The van der Waals surface area contributed by atoms with Crippen molar-refractivity contribution in [1.82, 2.24) is 24.5 Å². The fourth-order valence-electron chi connectivity index (χ4n) is 2.01. The number of benzene rings is 1. The lowest BCUT2D eigenvalue weighted by Gasteiger charge is -2.15. The van der Waals surface area contributed by atoms with Crippen LogP contribution in [0.15, 0.2) is 41.5 Å². The first-order valence-electron chi connectivity index (χ1n) is 6.49. The van der Waals surface area contributed by atoms with Gasteiger partial charge < -0.3 is 5.11 Å². The van der Waals surface area contributed by atoms with Crippen molar-refractivity contribution in [3.63, 3.8) is 0 Å². The number of hydrogen-bond donors (Lipinski definition) is 1. The molecule has 0 bridgehead atoms. The molecule has 1 aromatic carbocycles. The molecular weight excluding hydrogens is 315 g/mol. The van der Waals surface area contributed by atoms with E-state index in [0.717, 1.165) is 6.33 Å². The molecule has 1 atom stereocenters. The van der Waals surface area contributed by atoms with Crippen LogP contribution in [0.5, 0.6) is 0 Å². The van der Waals surface area contributed by atoms with Gasteiger partial charge in [-0.2, -0.15) is 17.9 Å². The molecule has 0 aliphatic rings. The van der Waals surface area contributed by atoms with Gasteiger partial charge in [-0.25, -0.2) is 4.98 Å². The minimum absolute atomic E-state index is 0.124. The van der Waals surface area contributed by atoms with E-state index in [1.54, 1.807) is 30.3 Å². The largest absolute Gasteiger partial charge is 0.416 e. The zero-order valence-electron chi connectivity index (χ0n) is 11.5. The molecule has 3 rings (SSSR count). The van der Waals surface area contributed by atoms with Crippen molar-refractivity contribution in [2.75, 3.05) is 0 Å². The number of hydrogen-bond acceptors (Lipinski definition) is 5. The van der Waals surface area contributed by atoms with Crippen LogP contribution in [-0.4, -0.2) is 41.9 Å². The number of fused-ring (bicyclic) bond motifs is 1. The number of rotatable bonds is 3. The van der Waals surface area contributed by atoms with Crippen molar-refractivity contribution in [2.24, 2.45) is 0 Å². The van der Waals surface area contributed by atoms with Crippen molar-refractivity contribution in [3.8, 4) is 5.69 Å². The highest BCUT2D eigenvalue weighted by molar-refractivity contribution is 5.70. The SMILES string of the molecule is O=c1c2nnn(-c3ccccc3)c2ncn1C[C@H](O)C(F)(F)F. The molecule has 0 saturated heterocycles. The highest BCUT2D eigenvalue weighted by Crippen LogP contribution is 2.21. The van der Waals surface area contributed by atoms with Crippen molar-refractivity contribution in [2.45, 2.75) is 18.8 Å². The Morgan fingerprint density at radius 1 is 1.22 bits per heavy atom. The second kappa shape index (κ2) is 5.47. The number of halogens is 3. The van der Waals surface area contributed by atoms with Crippen LogP contribution in [-0.2, 0) is 6.54 Å². The Kier molecular flexibility index (Phi) is 3.60. The summed E-state index contributed by atoms with van der Waals surface area (Å²) in [5.41, 5.74) is -0.250. The van der Waals surface area contributed by atoms with E-state index in [4.69, 9.17) is 5.11 Å². The summed E-state index contributed by atoms with van der Waals surface area (Å²) in [4.78, 5) is 16.1. The van der Waals surface area contributed by atoms with Crippen molar-refractivity contribution in [3.05, 3.63) is 47.0 Å². The summed E-state index contributed by atoms with van der Waals surface area (Å²) in [5.74, 6) is 0. The fourth-order valence-corrected chi connectivity index (χ4v) is 2.01. The normalized spacial score (nSPS) is 13.4. The summed E-state index contributed by atoms with van der Waals surface area (Å²) >= 11 is 0. The molecule has 1 N–H and O–H groups in total. The molecule has 0 fully saturated rings. The van der Waals surface area contributed by atoms with E-state index in [1.807, 2.05) is 0 Å². The van der Waals surface area contributed by atoms with Gasteiger partial charge in [0.25, 0.3) is 5.56 Å². The molecule has 0 radical (unpaired) electrons. The maximum atomic E-state index is 12.4. The van der Waals surface area contributed by atoms with Gasteiger partial charge in [0.15, 0.2) is 17.3 Å². The molecule has 23 heavy (non-hydrogen) atoms. The third-order valence-electron chi connectivity index (χ3n) is 3.18. The molecule has 2 aromatic heterocycles. The Bertz CT molecular complexity index is 888. The fraction of sp³-hybridized carbons (Fsp3) is 0.231. The van der Waals surface area contributed by atoms with E-state index in [-0.39, 0.29) is 11.2 Å². The maximum Gasteiger partial charge on any atom is 0.416 e. The third-order valence-corrected chi connectivity index (χ3v) is 3.18. The van der Waals surface area contributed by atoms with Gasteiger partial charge in [0.05, 0.1) is 12.2 Å². The molecule has 3 aromatic rings. The van der Waals surface area contributed by atoms with Crippen LogP contribution in [0.3, 0.4) is 0 Å². The first kappa shape index (κ1) is 15.2. The van der Waals surface area contributed by atoms with Crippen LogP contribution in [0, 0.1) is 0 Å². The Labute approximate surface area is 126 Å². The van der Waals surface area contributed by atoms with E-state index in [0.29, 0.717) is 10.3 Å². The molecule has 0 amide bonds. The van der Waals surface area contributed by atoms with Crippen molar-refractivity contribution >= 4 is 11.2 Å². The summed E-state index contributed by atoms with van der Waals surface area (Å²) in [7, 11) is 0. The summed E-state index contributed by atoms with van der Waals surface area (Å²) in [6.07, 6.45) is -6.55. The van der Waals surface area contributed by atoms with E-state index in [1.165, 1.54) is 4.68 Å². The Balaban J connectivity index is 2.04. The van der Waals surface area contributed by atoms with Gasteiger partial charge in [0.2, 0.25) is 0 Å². The summed E-state index contributed by atoms with van der Waals surface area (Å²) in [6, 6.07) is 8.73. The Morgan fingerprint density at radius 3 is 2.57 bits per heavy atom. The highest BCUT2D eigenvalue weighted by atomic mass is 19.4. The average molecular weight is 325 g/mol. The van der Waals surface area contributed by atoms with Gasteiger partial charge in [-0.1, -0.05) is 23.4 Å². The van der Waals surface area contributed by atoms with Gasteiger partial charge in [-0.15, -0.1) is 5.10 Å². The number of alkyl halides is 3. The predicted molar refractivity (Wildman–Crippen MR) is 73.0 cm³/mol. The Hall–Kier alpha value is -2.75. The highest BCUT2D eigenvalue weighted by Gasteiger charge is 2.38. The molecule has 0 saturated carbocycles. The number of aromatic nitrogens is 5. The summed E-state index contributed by atoms with van der Waals surface area (Å²) in [6.45, 7) is -0.955. The minimum atomic E-state index is -4.82. The van der Waals surface area contributed by atoms with E-state index < -0.39 is 24.4 Å². The maximum absolute atomic E-state index is 12.4. The molecular formula is C13H10F3N5O2. The van der Waals surface area contributed by atoms with Crippen molar-refractivity contribution in [1.29, 1.82) is 0 Å². The Morgan fingerprint density at radius 2 is 1.91 bits per heavy atom. The molecule has 0 spiro atoms. The van der Waals surface area contributed by atoms with Gasteiger partial charge in [0.1, 0.15) is 6.33 Å². The van der Waals surface area contributed by atoms with E-state index in [9.17, 15) is 18.0 Å². The van der Waals surface area contributed by atoms with Crippen LogP contribution in [0.2, 0.25) is 0 Å². The van der Waals surface area contributed by atoms with E-state index in [2.05, 4.69) is 15.3 Å². The van der Waals surface area contributed by atoms with Crippen LogP contribution in [0.1, 0.15) is 0 Å².